The Hall–Kier alpha value is -1.92. The van der Waals surface area contributed by atoms with E-state index in [0.29, 0.717) is 23.8 Å². The molecule has 2 aliphatic heterocycles. The quantitative estimate of drug-likeness (QED) is 0.832. The normalized spacial score (nSPS) is 23.6. The largest absolute Gasteiger partial charge is 0.476 e. The van der Waals surface area contributed by atoms with E-state index in [2.05, 4.69) is 20.9 Å². The molecule has 25 heavy (non-hydrogen) atoms. The minimum atomic E-state index is 0.320. The van der Waals surface area contributed by atoms with Gasteiger partial charge < -0.3 is 13.9 Å². The molecule has 0 amide bonds. The van der Waals surface area contributed by atoms with Crippen molar-refractivity contribution in [2.75, 3.05) is 32.9 Å². The third-order valence-corrected chi connectivity index (χ3v) is 5.71. The van der Waals surface area contributed by atoms with Crippen molar-refractivity contribution in [3.8, 4) is 5.88 Å². The molecule has 134 valence electrons. The van der Waals surface area contributed by atoms with Crippen molar-refractivity contribution in [3.05, 3.63) is 42.7 Å². The fourth-order valence-electron chi connectivity index (χ4n) is 4.09. The maximum Gasteiger partial charge on any atom is 0.232 e. The van der Waals surface area contributed by atoms with Gasteiger partial charge in [-0.25, -0.2) is 4.98 Å². The second kappa shape index (κ2) is 7.54. The Bertz CT molecular complexity index is 639. The minimum absolute atomic E-state index is 0.320. The zero-order chi connectivity index (χ0) is 17.0. The predicted molar refractivity (Wildman–Crippen MR) is 92.1 cm³/mol. The Morgan fingerprint density at radius 2 is 2.16 bits per heavy atom. The van der Waals surface area contributed by atoms with Gasteiger partial charge in [-0.05, 0) is 49.9 Å². The van der Waals surface area contributed by atoms with Crippen molar-refractivity contribution in [2.45, 2.75) is 25.8 Å². The molecule has 2 aromatic heterocycles. The molecule has 0 aliphatic carbocycles. The second-order valence-corrected chi connectivity index (χ2v) is 7.09. The van der Waals surface area contributed by atoms with Crippen molar-refractivity contribution in [1.29, 1.82) is 0 Å². The van der Waals surface area contributed by atoms with Gasteiger partial charge in [0.05, 0.1) is 32.2 Å². The summed E-state index contributed by atoms with van der Waals surface area (Å²) in [6.45, 7) is 5.39. The SMILES string of the molecule is c1coc(CN2CCC3(CCOC[C@H]3COc3cnccn3)CC2)c1. The van der Waals surface area contributed by atoms with E-state index in [1.165, 1.54) is 12.8 Å². The zero-order valence-electron chi connectivity index (χ0n) is 14.5. The second-order valence-electron chi connectivity index (χ2n) is 7.09. The Morgan fingerprint density at radius 3 is 2.92 bits per heavy atom. The van der Waals surface area contributed by atoms with Crippen molar-refractivity contribution in [2.24, 2.45) is 11.3 Å². The number of furan rings is 1. The Labute approximate surface area is 148 Å². The summed E-state index contributed by atoms with van der Waals surface area (Å²) >= 11 is 0. The van der Waals surface area contributed by atoms with Crippen LogP contribution in [0.25, 0.3) is 0 Å². The van der Waals surface area contributed by atoms with Crippen LogP contribution in [-0.2, 0) is 11.3 Å². The van der Waals surface area contributed by atoms with Crippen LogP contribution in [0.2, 0.25) is 0 Å². The van der Waals surface area contributed by atoms with Gasteiger partial charge in [-0.1, -0.05) is 0 Å². The highest BCUT2D eigenvalue weighted by molar-refractivity contribution is 5.03. The molecule has 0 N–H and O–H groups in total. The van der Waals surface area contributed by atoms with E-state index < -0.39 is 0 Å². The molecular formula is C19H25N3O3. The molecule has 2 aliphatic rings. The van der Waals surface area contributed by atoms with Gasteiger partial charge in [-0.3, -0.25) is 9.88 Å². The monoisotopic (exact) mass is 343 g/mol. The molecule has 4 heterocycles. The average molecular weight is 343 g/mol. The summed E-state index contributed by atoms with van der Waals surface area (Å²) in [4.78, 5) is 10.8. The highest BCUT2D eigenvalue weighted by Gasteiger charge is 2.43. The van der Waals surface area contributed by atoms with Gasteiger partial charge >= 0.3 is 0 Å². The topological polar surface area (TPSA) is 60.6 Å². The number of hydrogen-bond acceptors (Lipinski definition) is 6. The van der Waals surface area contributed by atoms with E-state index in [1.54, 1.807) is 24.9 Å². The molecule has 0 unspecified atom stereocenters. The van der Waals surface area contributed by atoms with Gasteiger partial charge in [0.2, 0.25) is 5.88 Å². The van der Waals surface area contributed by atoms with Crippen LogP contribution in [0.5, 0.6) is 5.88 Å². The lowest BCUT2D eigenvalue weighted by Gasteiger charge is -2.48. The number of ether oxygens (including phenoxy) is 2. The van der Waals surface area contributed by atoms with Crippen LogP contribution in [0.15, 0.2) is 41.4 Å². The Balaban J connectivity index is 1.35. The van der Waals surface area contributed by atoms with E-state index in [0.717, 1.165) is 45.0 Å². The molecule has 0 radical (unpaired) electrons. The van der Waals surface area contributed by atoms with Crippen LogP contribution in [0.3, 0.4) is 0 Å². The first-order valence-electron chi connectivity index (χ1n) is 9.05. The first-order chi connectivity index (χ1) is 12.3. The zero-order valence-corrected chi connectivity index (χ0v) is 14.5. The summed E-state index contributed by atoms with van der Waals surface area (Å²) in [5.41, 5.74) is 0.320. The maximum atomic E-state index is 5.90. The first kappa shape index (κ1) is 16.5. The summed E-state index contributed by atoms with van der Waals surface area (Å²) in [5.74, 6) is 2.05. The molecular weight excluding hydrogens is 318 g/mol. The average Bonchev–Trinajstić information content (AvgIpc) is 3.17. The molecule has 6 nitrogen and oxygen atoms in total. The Morgan fingerprint density at radius 1 is 1.24 bits per heavy atom. The number of piperidine rings is 1. The number of nitrogens with zero attached hydrogens (tertiary/aromatic N) is 3. The van der Waals surface area contributed by atoms with Crippen LogP contribution in [0.4, 0.5) is 0 Å². The molecule has 2 saturated heterocycles. The maximum absolute atomic E-state index is 5.90. The molecule has 1 spiro atoms. The van der Waals surface area contributed by atoms with Gasteiger partial charge in [0.15, 0.2) is 0 Å². The molecule has 2 fully saturated rings. The van der Waals surface area contributed by atoms with Crippen LogP contribution >= 0.6 is 0 Å². The molecule has 2 aromatic rings. The predicted octanol–water partition coefficient (Wildman–Crippen LogP) is 2.77. The van der Waals surface area contributed by atoms with Gasteiger partial charge in [0.25, 0.3) is 0 Å². The summed E-state index contributed by atoms with van der Waals surface area (Å²) in [7, 11) is 0. The van der Waals surface area contributed by atoms with Gasteiger partial charge in [-0.2, -0.15) is 0 Å². The van der Waals surface area contributed by atoms with Gasteiger partial charge in [0, 0.05) is 24.9 Å². The third-order valence-electron chi connectivity index (χ3n) is 5.71. The van der Waals surface area contributed by atoms with Gasteiger partial charge in [-0.15, -0.1) is 0 Å². The smallest absolute Gasteiger partial charge is 0.232 e. The first-order valence-corrected chi connectivity index (χ1v) is 9.05. The molecule has 1 atom stereocenters. The fraction of sp³-hybridized carbons (Fsp3) is 0.579. The molecule has 0 saturated carbocycles. The molecule has 0 bridgehead atoms. The van der Waals surface area contributed by atoms with Crippen molar-refractivity contribution < 1.29 is 13.9 Å². The van der Waals surface area contributed by atoms with Crippen molar-refractivity contribution in [3.63, 3.8) is 0 Å². The van der Waals surface area contributed by atoms with Gasteiger partial charge in [0.1, 0.15) is 5.76 Å². The molecule has 4 rings (SSSR count). The number of hydrogen-bond donors (Lipinski definition) is 0. The number of aromatic nitrogens is 2. The lowest BCUT2D eigenvalue weighted by Crippen LogP contribution is -2.49. The minimum Gasteiger partial charge on any atom is -0.476 e. The van der Waals surface area contributed by atoms with E-state index in [1.807, 2.05) is 6.07 Å². The van der Waals surface area contributed by atoms with Crippen LogP contribution in [0.1, 0.15) is 25.0 Å². The fourth-order valence-corrected chi connectivity index (χ4v) is 4.09. The summed E-state index contributed by atoms with van der Waals surface area (Å²) in [6, 6.07) is 4.01. The summed E-state index contributed by atoms with van der Waals surface area (Å²) in [5, 5.41) is 0. The number of rotatable bonds is 5. The lowest BCUT2D eigenvalue weighted by atomic mass is 9.66. The van der Waals surface area contributed by atoms with E-state index >= 15 is 0 Å². The summed E-state index contributed by atoms with van der Waals surface area (Å²) in [6.07, 6.45) is 10.2. The van der Waals surface area contributed by atoms with E-state index in [9.17, 15) is 0 Å². The van der Waals surface area contributed by atoms with Crippen LogP contribution in [-0.4, -0.2) is 47.8 Å². The van der Waals surface area contributed by atoms with Crippen LogP contribution < -0.4 is 4.74 Å². The molecule has 6 heteroatoms. The summed E-state index contributed by atoms with van der Waals surface area (Å²) < 4.78 is 17.2. The van der Waals surface area contributed by atoms with Crippen molar-refractivity contribution >= 4 is 0 Å². The van der Waals surface area contributed by atoms with E-state index in [-0.39, 0.29) is 0 Å². The van der Waals surface area contributed by atoms with Crippen LogP contribution in [0, 0.1) is 11.3 Å². The Kier molecular flexibility index (Phi) is 4.99. The van der Waals surface area contributed by atoms with Crippen molar-refractivity contribution in [1.82, 2.24) is 14.9 Å². The molecule has 0 aromatic carbocycles. The highest BCUT2D eigenvalue weighted by Crippen LogP contribution is 2.45. The van der Waals surface area contributed by atoms with E-state index in [4.69, 9.17) is 13.9 Å². The lowest BCUT2D eigenvalue weighted by molar-refractivity contribution is -0.0872. The highest BCUT2D eigenvalue weighted by atomic mass is 16.5. The standard InChI is InChI=1S/C19H25N3O3/c1-2-17(24-10-1)13-22-8-3-19(4-9-22)5-11-23-14-16(19)15-25-18-12-20-6-7-21-18/h1-2,6-7,10,12,16H,3-5,8-9,11,13-15H2/t16-/m0/s1. The number of likely N-dealkylation sites (tertiary alicyclic amines) is 1. The third kappa shape index (κ3) is 3.85.